The lowest BCUT2D eigenvalue weighted by Gasteiger charge is -2.34. The van der Waals surface area contributed by atoms with Crippen LogP contribution in [0.25, 0.3) is 0 Å². The number of carbonyl (C=O) groups is 1. The number of hydrogen-bond acceptors (Lipinski definition) is 4. The number of halogens is 1. The van der Waals surface area contributed by atoms with Crippen molar-refractivity contribution in [2.45, 2.75) is 37.9 Å². The number of aromatic nitrogens is 1. The lowest BCUT2D eigenvalue weighted by Crippen LogP contribution is -2.46. The third-order valence-corrected chi connectivity index (χ3v) is 5.58. The minimum absolute atomic E-state index is 0.000415. The fourth-order valence-corrected chi connectivity index (χ4v) is 3.94. The Morgan fingerprint density at radius 3 is 2.63 bits per heavy atom. The average molecular weight is 393 g/mol. The third kappa shape index (κ3) is 3.65. The second-order valence-electron chi connectivity index (χ2n) is 6.46. The topological polar surface area (TPSA) is 91.6 Å². The first-order chi connectivity index (χ1) is 12.8. The first kappa shape index (κ1) is 19.2. The van der Waals surface area contributed by atoms with Crippen LogP contribution in [0.4, 0.5) is 4.39 Å². The van der Waals surface area contributed by atoms with Crippen molar-refractivity contribution < 1.29 is 18.5 Å². The van der Waals surface area contributed by atoms with Gasteiger partial charge in [0.25, 0.3) is 5.91 Å². The zero-order valence-electron chi connectivity index (χ0n) is 14.9. The van der Waals surface area contributed by atoms with E-state index in [9.17, 15) is 23.3 Å². The molecule has 1 aromatic heterocycles. The van der Waals surface area contributed by atoms with E-state index in [1.165, 1.54) is 24.3 Å². The van der Waals surface area contributed by atoms with Gasteiger partial charge in [-0.15, -0.1) is 0 Å². The van der Waals surface area contributed by atoms with Crippen LogP contribution in [0.3, 0.4) is 0 Å². The zero-order chi connectivity index (χ0) is 19.7. The van der Waals surface area contributed by atoms with E-state index in [2.05, 4.69) is 4.72 Å². The van der Waals surface area contributed by atoms with Crippen LogP contribution in [-0.4, -0.2) is 37.3 Å². The van der Waals surface area contributed by atoms with E-state index in [4.69, 9.17) is 0 Å². The monoisotopic (exact) mass is 393 g/mol. The first-order valence-electron chi connectivity index (χ1n) is 8.47. The van der Waals surface area contributed by atoms with Crippen molar-refractivity contribution in [3.63, 3.8) is 0 Å². The zero-order valence-corrected chi connectivity index (χ0v) is 15.8. The maximum atomic E-state index is 13.8. The van der Waals surface area contributed by atoms with Crippen molar-refractivity contribution in [1.29, 1.82) is 0 Å². The highest BCUT2D eigenvalue weighted by Crippen LogP contribution is 2.23. The number of pyridine rings is 1. The molecule has 7 nitrogen and oxygen atoms in total. The van der Waals surface area contributed by atoms with Crippen LogP contribution in [0, 0.1) is 5.82 Å². The molecular formula is C18H20FN3O4S. The van der Waals surface area contributed by atoms with Crippen LogP contribution in [0.5, 0.6) is 5.75 Å². The number of rotatable bonds is 5. The number of carbonyl (C=O) groups excluding carboxylic acids is 1. The Labute approximate surface area is 158 Å². The maximum Gasteiger partial charge on any atom is 0.274 e. The second kappa shape index (κ2) is 7.61. The largest absolute Gasteiger partial charge is 0.503 e. The SMILES string of the molecule is CC(C)N1CCn2c(CNS(=O)c3ccccc3F)cc(=O)c(O)c2C1=O. The molecule has 0 bridgehead atoms. The normalized spacial score (nSPS) is 15.1. The number of hydrogen-bond donors (Lipinski definition) is 2. The number of nitrogens with one attached hydrogen (secondary N) is 1. The molecule has 0 fully saturated rings. The minimum atomic E-state index is -1.83. The molecule has 2 aromatic rings. The summed E-state index contributed by atoms with van der Waals surface area (Å²) in [6.07, 6.45) is 0. The van der Waals surface area contributed by atoms with Crippen LogP contribution in [0.2, 0.25) is 0 Å². The van der Waals surface area contributed by atoms with Gasteiger partial charge in [-0.25, -0.2) is 13.3 Å². The van der Waals surface area contributed by atoms with Crippen LogP contribution < -0.4 is 10.2 Å². The van der Waals surface area contributed by atoms with Crippen LogP contribution in [0.1, 0.15) is 30.0 Å². The van der Waals surface area contributed by atoms with E-state index >= 15 is 0 Å². The summed E-state index contributed by atoms with van der Waals surface area (Å²) in [5, 5.41) is 10.1. The molecule has 1 amide bonds. The van der Waals surface area contributed by atoms with Gasteiger partial charge < -0.3 is 14.6 Å². The lowest BCUT2D eigenvalue weighted by atomic mass is 10.1. The van der Waals surface area contributed by atoms with Gasteiger partial charge in [0.2, 0.25) is 5.43 Å². The van der Waals surface area contributed by atoms with Crippen molar-refractivity contribution in [1.82, 2.24) is 14.2 Å². The maximum absolute atomic E-state index is 13.8. The van der Waals surface area contributed by atoms with E-state index in [0.717, 1.165) is 0 Å². The Hall–Kier alpha value is -2.52. The third-order valence-electron chi connectivity index (χ3n) is 4.44. The smallest absolute Gasteiger partial charge is 0.274 e. The average Bonchev–Trinajstić information content (AvgIpc) is 2.63. The fraction of sp³-hybridized carbons (Fsp3) is 0.333. The molecule has 0 spiro atoms. The van der Waals surface area contributed by atoms with Gasteiger partial charge in [0, 0.05) is 37.4 Å². The molecule has 27 heavy (non-hydrogen) atoms. The summed E-state index contributed by atoms with van der Waals surface area (Å²) in [7, 11) is -1.83. The molecule has 1 unspecified atom stereocenters. The van der Waals surface area contributed by atoms with Crippen molar-refractivity contribution in [3.05, 3.63) is 57.8 Å². The van der Waals surface area contributed by atoms with E-state index < -0.39 is 33.9 Å². The molecule has 0 radical (unpaired) electrons. The Bertz CT molecular complexity index is 974. The highest BCUT2D eigenvalue weighted by Gasteiger charge is 2.31. The van der Waals surface area contributed by atoms with Gasteiger partial charge >= 0.3 is 0 Å². The van der Waals surface area contributed by atoms with E-state index in [0.29, 0.717) is 18.8 Å². The highest BCUT2D eigenvalue weighted by molar-refractivity contribution is 7.83. The lowest BCUT2D eigenvalue weighted by molar-refractivity contribution is 0.0639. The number of amides is 1. The summed E-state index contributed by atoms with van der Waals surface area (Å²) >= 11 is 0. The van der Waals surface area contributed by atoms with Crippen molar-refractivity contribution >= 4 is 16.9 Å². The number of benzene rings is 1. The van der Waals surface area contributed by atoms with E-state index in [1.807, 2.05) is 13.8 Å². The summed E-state index contributed by atoms with van der Waals surface area (Å²) in [5.74, 6) is -1.62. The standard InChI is InChI=1S/C18H20FN3O4S/c1-11(2)21-7-8-22-12(9-14(23)17(24)16(22)18(21)25)10-20-27(26)15-6-4-3-5-13(15)19/h3-6,9,11,20,24H,7-8,10H2,1-2H3. The molecule has 1 aliphatic rings. The number of nitrogens with zero attached hydrogens (tertiary/aromatic N) is 2. The first-order valence-corrected chi connectivity index (χ1v) is 9.62. The predicted octanol–water partition coefficient (Wildman–Crippen LogP) is 1.37. The Morgan fingerprint density at radius 1 is 1.26 bits per heavy atom. The summed E-state index contributed by atoms with van der Waals surface area (Å²) in [4.78, 5) is 26.3. The molecule has 0 saturated carbocycles. The predicted molar refractivity (Wildman–Crippen MR) is 98.2 cm³/mol. The molecule has 144 valence electrons. The molecule has 2 heterocycles. The molecule has 1 atom stereocenters. The second-order valence-corrected chi connectivity index (χ2v) is 7.73. The van der Waals surface area contributed by atoms with Gasteiger partial charge in [-0.1, -0.05) is 12.1 Å². The molecule has 0 aliphatic carbocycles. The van der Waals surface area contributed by atoms with Crippen LogP contribution in [-0.2, 0) is 24.1 Å². The Balaban J connectivity index is 1.91. The highest BCUT2D eigenvalue weighted by atomic mass is 32.2. The summed E-state index contributed by atoms with van der Waals surface area (Å²) in [6.45, 7) is 4.49. The van der Waals surface area contributed by atoms with E-state index in [-0.39, 0.29) is 23.2 Å². The number of aromatic hydroxyl groups is 1. The Morgan fingerprint density at radius 2 is 1.96 bits per heavy atom. The molecule has 1 aliphatic heterocycles. The van der Waals surface area contributed by atoms with Gasteiger partial charge in [0.05, 0.1) is 4.90 Å². The molecule has 3 rings (SSSR count). The van der Waals surface area contributed by atoms with Crippen LogP contribution >= 0.6 is 0 Å². The quantitative estimate of drug-likeness (QED) is 0.803. The molecule has 2 N–H and O–H groups in total. The van der Waals surface area contributed by atoms with Crippen molar-refractivity contribution in [3.8, 4) is 5.75 Å². The minimum Gasteiger partial charge on any atom is -0.503 e. The van der Waals surface area contributed by atoms with Gasteiger partial charge in [-0.05, 0) is 26.0 Å². The summed E-state index contributed by atoms with van der Waals surface area (Å²) in [5.41, 5.74) is -0.362. The molecule has 1 aromatic carbocycles. The summed E-state index contributed by atoms with van der Waals surface area (Å²) < 4.78 is 30.3. The molecular weight excluding hydrogens is 373 g/mol. The van der Waals surface area contributed by atoms with Crippen LogP contribution in [0.15, 0.2) is 40.0 Å². The fourth-order valence-electron chi connectivity index (χ4n) is 3.05. The van der Waals surface area contributed by atoms with Gasteiger partial charge in [-0.3, -0.25) is 9.59 Å². The van der Waals surface area contributed by atoms with E-state index in [1.54, 1.807) is 15.5 Å². The van der Waals surface area contributed by atoms with Gasteiger partial charge in [-0.2, -0.15) is 0 Å². The van der Waals surface area contributed by atoms with Crippen molar-refractivity contribution in [2.24, 2.45) is 0 Å². The number of fused-ring (bicyclic) bond motifs is 1. The Kier molecular flexibility index (Phi) is 5.43. The van der Waals surface area contributed by atoms with Gasteiger partial charge in [0.15, 0.2) is 11.4 Å². The molecule has 9 heteroatoms. The summed E-state index contributed by atoms with van der Waals surface area (Å²) in [6, 6.07) is 6.81. The van der Waals surface area contributed by atoms with Crippen molar-refractivity contribution in [2.75, 3.05) is 6.54 Å². The van der Waals surface area contributed by atoms with Gasteiger partial charge in [0.1, 0.15) is 16.8 Å². The molecule has 0 saturated heterocycles.